The molecule has 3 unspecified atom stereocenters. The predicted octanol–water partition coefficient (Wildman–Crippen LogP) is 3.52. The van der Waals surface area contributed by atoms with Crippen LogP contribution >= 0.6 is 0 Å². The van der Waals surface area contributed by atoms with E-state index in [0.29, 0.717) is 29.0 Å². The topological polar surface area (TPSA) is 15.3 Å². The largest absolute Gasteiger partial charge is 0.315 e. The first-order chi connectivity index (χ1) is 8.11. The zero-order valence-corrected chi connectivity index (χ0v) is 13.8. The minimum atomic E-state index is 0.342. The lowest BCUT2D eigenvalue weighted by Gasteiger charge is -2.50. The molecule has 108 valence electrons. The van der Waals surface area contributed by atoms with Crippen molar-refractivity contribution in [2.45, 2.75) is 78.9 Å². The predicted molar refractivity (Wildman–Crippen MR) is 80.9 cm³/mol. The summed E-state index contributed by atoms with van der Waals surface area (Å²) >= 11 is 0. The van der Waals surface area contributed by atoms with Gasteiger partial charge in [0.25, 0.3) is 0 Å². The maximum absolute atomic E-state index is 3.59. The SMILES string of the molecule is CNC1C(N(C)C(C)C(C)(C)C)CCCC1(C)C. The summed E-state index contributed by atoms with van der Waals surface area (Å²) < 4.78 is 0. The Morgan fingerprint density at radius 2 is 1.83 bits per heavy atom. The van der Waals surface area contributed by atoms with E-state index in [1.807, 2.05) is 0 Å². The molecule has 1 rings (SSSR count). The van der Waals surface area contributed by atoms with Crippen LogP contribution in [0.25, 0.3) is 0 Å². The Labute approximate surface area is 115 Å². The van der Waals surface area contributed by atoms with Gasteiger partial charge in [-0.3, -0.25) is 4.90 Å². The van der Waals surface area contributed by atoms with Gasteiger partial charge in [0, 0.05) is 18.1 Å². The monoisotopic (exact) mass is 254 g/mol. The van der Waals surface area contributed by atoms with Crippen LogP contribution in [0, 0.1) is 10.8 Å². The molecule has 1 fully saturated rings. The van der Waals surface area contributed by atoms with Crippen molar-refractivity contribution in [2.75, 3.05) is 14.1 Å². The van der Waals surface area contributed by atoms with Gasteiger partial charge < -0.3 is 5.32 Å². The lowest BCUT2D eigenvalue weighted by molar-refractivity contribution is 0.0172. The van der Waals surface area contributed by atoms with Crippen LogP contribution in [0.4, 0.5) is 0 Å². The van der Waals surface area contributed by atoms with Crippen molar-refractivity contribution in [3.63, 3.8) is 0 Å². The van der Waals surface area contributed by atoms with E-state index in [-0.39, 0.29) is 0 Å². The smallest absolute Gasteiger partial charge is 0.0271 e. The van der Waals surface area contributed by atoms with Crippen LogP contribution in [0.2, 0.25) is 0 Å². The van der Waals surface area contributed by atoms with E-state index in [4.69, 9.17) is 0 Å². The number of nitrogens with one attached hydrogen (secondary N) is 1. The van der Waals surface area contributed by atoms with Crippen LogP contribution in [0.1, 0.15) is 60.8 Å². The summed E-state index contributed by atoms with van der Waals surface area (Å²) in [6.45, 7) is 14.2. The summed E-state index contributed by atoms with van der Waals surface area (Å²) in [5.74, 6) is 0. The first-order valence-corrected chi connectivity index (χ1v) is 7.50. The molecule has 0 radical (unpaired) electrons. The molecule has 3 atom stereocenters. The van der Waals surface area contributed by atoms with Crippen molar-refractivity contribution >= 4 is 0 Å². The van der Waals surface area contributed by atoms with Crippen molar-refractivity contribution in [3.05, 3.63) is 0 Å². The average Bonchev–Trinajstić information content (AvgIpc) is 2.24. The molecule has 1 aliphatic carbocycles. The zero-order valence-electron chi connectivity index (χ0n) is 13.8. The van der Waals surface area contributed by atoms with E-state index in [1.165, 1.54) is 19.3 Å². The third-order valence-corrected chi connectivity index (χ3v) is 5.25. The van der Waals surface area contributed by atoms with Crippen LogP contribution in [0.3, 0.4) is 0 Å². The fourth-order valence-electron chi connectivity index (χ4n) is 3.53. The summed E-state index contributed by atoms with van der Waals surface area (Å²) in [4.78, 5) is 2.61. The molecular weight excluding hydrogens is 220 g/mol. The van der Waals surface area contributed by atoms with E-state index in [2.05, 4.69) is 65.9 Å². The van der Waals surface area contributed by atoms with Crippen molar-refractivity contribution in [3.8, 4) is 0 Å². The van der Waals surface area contributed by atoms with Crippen LogP contribution in [-0.4, -0.2) is 37.1 Å². The second-order valence-electron chi connectivity index (χ2n) is 7.92. The van der Waals surface area contributed by atoms with E-state index in [0.717, 1.165) is 0 Å². The molecular formula is C16H34N2. The molecule has 18 heavy (non-hydrogen) atoms. The highest BCUT2D eigenvalue weighted by Crippen LogP contribution is 2.39. The Hall–Kier alpha value is -0.0800. The molecule has 2 heteroatoms. The molecule has 1 saturated carbocycles. The van der Waals surface area contributed by atoms with E-state index in [1.54, 1.807) is 0 Å². The molecule has 0 amide bonds. The standard InChI is InChI=1S/C16H34N2/c1-12(15(2,3)4)18(8)13-10-9-11-16(5,6)14(13)17-7/h12-14,17H,9-11H2,1-8H3. The van der Waals surface area contributed by atoms with Gasteiger partial charge >= 0.3 is 0 Å². The fourth-order valence-corrected chi connectivity index (χ4v) is 3.53. The Balaban J connectivity index is 2.86. The Morgan fingerprint density at radius 1 is 1.28 bits per heavy atom. The molecule has 2 nitrogen and oxygen atoms in total. The number of hydrogen-bond donors (Lipinski definition) is 1. The lowest BCUT2D eigenvalue weighted by Crippen LogP contribution is -2.60. The second kappa shape index (κ2) is 5.50. The van der Waals surface area contributed by atoms with Crippen LogP contribution in [-0.2, 0) is 0 Å². The molecule has 0 bridgehead atoms. The van der Waals surface area contributed by atoms with Crippen molar-refractivity contribution in [1.29, 1.82) is 0 Å². The summed E-state index contributed by atoms with van der Waals surface area (Å²) in [7, 11) is 4.44. The normalized spacial score (nSPS) is 30.5. The molecule has 1 N–H and O–H groups in total. The van der Waals surface area contributed by atoms with Gasteiger partial charge in [-0.05, 0) is 44.7 Å². The minimum absolute atomic E-state index is 0.342. The molecule has 0 heterocycles. The number of rotatable bonds is 3. The van der Waals surface area contributed by atoms with Crippen molar-refractivity contribution in [1.82, 2.24) is 10.2 Å². The van der Waals surface area contributed by atoms with Gasteiger partial charge in [-0.1, -0.05) is 41.0 Å². The van der Waals surface area contributed by atoms with Crippen LogP contribution in [0.15, 0.2) is 0 Å². The number of nitrogens with zero attached hydrogens (tertiary/aromatic N) is 1. The molecule has 0 aliphatic heterocycles. The van der Waals surface area contributed by atoms with Gasteiger partial charge in [0.1, 0.15) is 0 Å². The summed E-state index contributed by atoms with van der Waals surface area (Å²) in [5, 5.41) is 3.59. The average molecular weight is 254 g/mol. The van der Waals surface area contributed by atoms with Gasteiger partial charge in [-0.25, -0.2) is 0 Å². The highest BCUT2D eigenvalue weighted by molar-refractivity contribution is 4.98. The Morgan fingerprint density at radius 3 is 2.28 bits per heavy atom. The van der Waals surface area contributed by atoms with Crippen molar-refractivity contribution < 1.29 is 0 Å². The first kappa shape index (κ1) is 16.0. The maximum atomic E-state index is 3.59. The molecule has 0 spiro atoms. The highest BCUT2D eigenvalue weighted by Gasteiger charge is 2.41. The van der Waals surface area contributed by atoms with E-state index >= 15 is 0 Å². The molecule has 0 aromatic carbocycles. The Bertz CT molecular complexity index is 265. The van der Waals surface area contributed by atoms with Crippen molar-refractivity contribution in [2.24, 2.45) is 10.8 Å². The van der Waals surface area contributed by atoms with Crippen LogP contribution < -0.4 is 5.32 Å². The molecule has 0 aromatic heterocycles. The first-order valence-electron chi connectivity index (χ1n) is 7.50. The fraction of sp³-hybridized carbons (Fsp3) is 1.00. The van der Waals surface area contributed by atoms with Gasteiger partial charge in [0.05, 0.1) is 0 Å². The van der Waals surface area contributed by atoms with Crippen LogP contribution in [0.5, 0.6) is 0 Å². The maximum Gasteiger partial charge on any atom is 0.0271 e. The third kappa shape index (κ3) is 3.27. The van der Waals surface area contributed by atoms with Gasteiger partial charge in [0.15, 0.2) is 0 Å². The number of likely N-dealkylation sites (N-methyl/N-ethyl adjacent to an activating group) is 2. The van der Waals surface area contributed by atoms with Gasteiger partial charge in [0.2, 0.25) is 0 Å². The van der Waals surface area contributed by atoms with E-state index < -0.39 is 0 Å². The minimum Gasteiger partial charge on any atom is -0.315 e. The second-order valence-corrected chi connectivity index (χ2v) is 7.92. The van der Waals surface area contributed by atoms with E-state index in [9.17, 15) is 0 Å². The Kier molecular flexibility index (Phi) is 4.88. The molecule has 0 saturated heterocycles. The van der Waals surface area contributed by atoms with Gasteiger partial charge in [-0.2, -0.15) is 0 Å². The summed E-state index contributed by atoms with van der Waals surface area (Å²) in [5.41, 5.74) is 0.748. The summed E-state index contributed by atoms with van der Waals surface area (Å²) in [6.07, 6.45) is 4.02. The third-order valence-electron chi connectivity index (χ3n) is 5.25. The molecule has 0 aromatic rings. The molecule has 1 aliphatic rings. The highest BCUT2D eigenvalue weighted by atomic mass is 15.2. The quantitative estimate of drug-likeness (QED) is 0.829. The number of hydrogen-bond acceptors (Lipinski definition) is 2. The van der Waals surface area contributed by atoms with Gasteiger partial charge in [-0.15, -0.1) is 0 Å². The zero-order chi connectivity index (χ0) is 14.1. The summed E-state index contributed by atoms with van der Waals surface area (Å²) in [6, 6.07) is 1.86. The lowest BCUT2D eigenvalue weighted by atomic mass is 9.69.